The van der Waals surface area contributed by atoms with Gasteiger partial charge in [-0.05, 0) is 46.6 Å². The van der Waals surface area contributed by atoms with E-state index in [0.29, 0.717) is 10.5 Å². The lowest BCUT2D eigenvalue weighted by atomic mass is 10.1. The van der Waals surface area contributed by atoms with Gasteiger partial charge >= 0.3 is 5.97 Å². The third kappa shape index (κ3) is 1.79. The zero-order chi connectivity index (χ0) is 11.9. The van der Waals surface area contributed by atoms with Gasteiger partial charge in [0, 0.05) is 9.86 Å². The Kier molecular flexibility index (Phi) is 2.86. The van der Waals surface area contributed by atoms with Gasteiger partial charge in [-0.3, -0.25) is 0 Å². The Bertz CT molecular complexity index is 598. The van der Waals surface area contributed by atoms with E-state index in [-0.39, 0.29) is 5.69 Å². The van der Waals surface area contributed by atoms with E-state index in [0.717, 1.165) is 15.4 Å². The number of hydrogen-bond donors (Lipinski definition) is 1. The number of pyridine rings is 1. The first-order valence-electron chi connectivity index (χ1n) is 4.49. The summed E-state index contributed by atoms with van der Waals surface area (Å²) in [6.07, 6.45) is 0. The zero-order valence-corrected chi connectivity index (χ0v) is 10.6. The normalized spacial score (nSPS) is 10.7. The molecule has 1 heterocycles. The topological polar surface area (TPSA) is 50.2 Å². The fraction of sp³-hybridized carbons (Fsp3) is 0.0909. The van der Waals surface area contributed by atoms with Crippen molar-refractivity contribution < 1.29 is 9.90 Å². The molecule has 0 atom stereocenters. The number of halogens is 2. The van der Waals surface area contributed by atoms with E-state index in [1.54, 1.807) is 6.07 Å². The van der Waals surface area contributed by atoms with E-state index in [2.05, 4.69) is 20.9 Å². The van der Waals surface area contributed by atoms with Crippen molar-refractivity contribution >= 4 is 44.4 Å². The van der Waals surface area contributed by atoms with Gasteiger partial charge in [0.25, 0.3) is 0 Å². The van der Waals surface area contributed by atoms with E-state index in [1.165, 1.54) is 6.07 Å². The van der Waals surface area contributed by atoms with Crippen molar-refractivity contribution in [2.75, 3.05) is 0 Å². The molecule has 5 heteroatoms. The molecule has 0 amide bonds. The second kappa shape index (κ2) is 4.03. The Morgan fingerprint density at radius 1 is 1.50 bits per heavy atom. The first-order chi connectivity index (χ1) is 7.50. The maximum absolute atomic E-state index is 10.8. The molecule has 1 aromatic carbocycles. The molecule has 0 aliphatic rings. The molecule has 16 heavy (non-hydrogen) atoms. The Hall–Kier alpha value is -1.13. The molecular formula is C11H7BrClNO2. The van der Waals surface area contributed by atoms with Gasteiger partial charge < -0.3 is 5.11 Å². The molecule has 0 aliphatic heterocycles. The minimum Gasteiger partial charge on any atom is -0.477 e. The van der Waals surface area contributed by atoms with Crippen LogP contribution in [0.1, 0.15) is 16.1 Å². The largest absolute Gasteiger partial charge is 0.477 e. The predicted octanol–water partition coefficient (Wildman–Crippen LogP) is 3.66. The number of fused-ring (bicyclic) bond motifs is 1. The Morgan fingerprint density at radius 2 is 2.19 bits per heavy atom. The van der Waals surface area contributed by atoms with Crippen LogP contribution in [0.2, 0.25) is 5.02 Å². The highest BCUT2D eigenvalue weighted by molar-refractivity contribution is 9.10. The molecule has 1 aromatic heterocycles. The minimum atomic E-state index is -1.05. The number of nitrogens with zero attached hydrogens (tertiary/aromatic N) is 1. The van der Waals surface area contributed by atoms with Crippen LogP contribution >= 0.6 is 27.5 Å². The van der Waals surface area contributed by atoms with Crippen molar-refractivity contribution in [2.24, 2.45) is 0 Å². The Morgan fingerprint density at radius 3 is 2.81 bits per heavy atom. The summed E-state index contributed by atoms with van der Waals surface area (Å²) >= 11 is 9.47. The van der Waals surface area contributed by atoms with Crippen molar-refractivity contribution in [1.82, 2.24) is 4.98 Å². The van der Waals surface area contributed by atoms with Gasteiger partial charge in [-0.15, -0.1) is 0 Å². The number of aryl methyl sites for hydroxylation is 1. The highest BCUT2D eigenvalue weighted by Gasteiger charge is 2.11. The van der Waals surface area contributed by atoms with Gasteiger partial charge in [-0.2, -0.15) is 0 Å². The second-order valence-electron chi connectivity index (χ2n) is 3.39. The van der Waals surface area contributed by atoms with Gasteiger partial charge in [-0.1, -0.05) is 11.6 Å². The molecule has 0 bridgehead atoms. The van der Waals surface area contributed by atoms with E-state index >= 15 is 0 Å². The Labute approximate surface area is 105 Å². The summed E-state index contributed by atoms with van der Waals surface area (Å²) in [4.78, 5) is 14.8. The molecule has 0 aliphatic carbocycles. The molecule has 0 radical (unpaired) electrons. The van der Waals surface area contributed by atoms with Crippen LogP contribution in [0.3, 0.4) is 0 Å². The quantitative estimate of drug-likeness (QED) is 0.874. The van der Waals surface area contributed by atoms with Gasteiger partial charge in [0.05, 0.1) is 10.5 Å². The van der Waals surface area contributed by atoms with Crippen LogP contribution in [0.15, 0.2) is 22.7 Å². The van der Waals surface area contributed by atoms with Crippen molar-refractivity contribution in [2.45, 2.75) is 6.92 Å². The van der Waals surface area contributed by atoms with Crippen molar-refractivity contribution in [3.8, 4) is 0 Å². The van der Waals surface area contributed by atoms with E-state index in [4.69, 9.17) is 16.7 Å². The molecule has 0 spiro atoms. The summed E-state index contributed by atoms with van der Waals surface area (Å²) in [6.45, 7) is 1.89. The first kappa shape index (κ1) is 11.4. The maximum atomic E-state index is 10.8. The van der Waals surface area contributed by atoms with Crippen LogP contribution in [-0.2, 0) is 0 Å². The lowest BCUT2D eigenvalue weighted by molar-refractivity contribution is 0.0691. The number of carboxylic acid groups (broad SMARTS) is 1. The van der Waals surface area contributed by atoms with Gasteiger partial charge in [0.2, 0.25) is 0 Å². The maximum Gasteiger partial charge on any atom is 0.354 e. The standard InChI is InChI=1S/C11H7BrClNO2/c1-5-4-7(12)10-6(9(5)13)2-3-8(14-10)11(15)16/h2-4H,1H3,(H,15,16). The molecule has 2 rings (SSSR count). The number of aromatic carboxylic acids is 1. The van der Waals surface area contributed by atoms with Crippen LogP contribution in [0.25, 0.3) is 10.9 Å². The van der Waals surface area contributed by atoms with Gasteiger partial charge in [0.1, 0.15) is 5.69 Å². The third-order valence-electron chi connectivity index (χ3n) is 2.27. The summed E-state index contributed by atoms with van der Waals surface area (Å²) < 4.78 is 0.743. The van der Waals surface area contributed by atoms with Crippen molar-refractivity contribution in [3.05, 3.63) is 39.0 Å². The number of hydrogen-bond acceptors (Lipinski definition) is 2. The Balaban J connectivity index is 2.84. The first-order valence-corrected chi connectivity index (χ1v) is 5.66. The third-order valence-corrected chi connectivity index (χ3v) is 3.37. The molecule has 1 N–H and O–H groups in total. The number of benzene rings is 1. The summed E-state index contributed by atoms with van der Waals surface area (Å²) in [6, 6.07) is 4.94. The molecule has 82 valence electrons. The van der Waals surface area contributed by atoms with Crippen LogP contribution in [0.5, 0.6) is 0 Å². The van der Waals surface area contributed by atoms with Crippen LogP contribution in [0, 0.1) is 6.92 Å². The lowest BCUT2D eigenvalue weighted by Gasteiger charge is -2.06. The summed E-state index contributed by atoms with van der Waals surface area (Å²) in [5.41, 5.74) is 1.49. The summed E-state index contributed by atoms with van der Waals surface area (Å²) in [7, 11) is 0. The molecule has 0 saturated heterocycles. The van der Waals surface area contributed by atoms with Crippen LogP contribution < -0.4 is 0 Å². The lowest BCUT2D eigenvalue weighted by Crippen LogP contribution is -2.00. The minimum absolute atomic E-state index is 0.00752. The smallest absolute Gasteiger partial charge is 0.354 e. The molecule has 2 aromatic rings. The van der Waals surface area contributed by atoms with E-state index in [1.807, 2.05) is 13.0 Å². The SMILES string of the molecule is Cc1cc(Br)c2nc(C(=O)O)ccc2c1Cl. The number of aromatic nitrogens is 1. The predicted molar refractivity (Wildman–Crippen MR) is 66.1 cm³/mol. The average molecular weight is 301 g/mol. The number of carboxylic acids is 1. The highest BCUT2D eigenvalue weighted by atomic mass is 79.9. The summed E-state index contributed by atoms with van der Waals surface area (Å²) in [5, 5.41) is 10.2. The second-order valence-corrected chi connectivity index (χ2v) is 4.62. The molecule has 3 nitrogen and oxygen atoms in total. The number of carbonyl (C=O) groups is 1. The molecule has 0 unspecified atom stereocenters. The monoisotopic (exact) mass is 299 g/mol. The number of rotatable bonds is 1. The van der Waals surface area contributed by atoms with Crippen LogP contribution in [-0.4, -0.2) is 16.1 Å². The fourth-order valence-corrected chi connectivity index (χ4v) is 2.32. The van der Waals surface area contributed by atoms with Gasteiger partial charge in [-0.25, -0.2) is 9.78 Å². The highest BCUT2D eigenvalue weighted by Crippen LogP contribution is 2.31. The summed E-state index contributed by atoms with van der Waals surface area (Å²) in [5.74, 6) is -1.05. The molecule has 0 saturated carbocycles. The molecular weight excluding hydrogens is 293 g/mol. The van der Waals surface area contributed by atoms with E-state index < -0.39 is 5.97 Å². The fourth-order valence-electron chi connectivity index (χ4n) is 1.47. The van der Waals surface area contributed by atoms with Gasteiger partial charge in [0.15, 0.2) is 0 Å². The van der Waals surface area contributed by atoms with Crippen LogP contribution in [0.4, 0.5) is 0 Å². The van der Waals surface area contributed by atoms with Crippen molar-refractivity contribution in [1.29, 1.82) is 0 Å². The zero-order valence-electron chi connectivity index (χ0n) is 8.29. The average Bonchev–Trinajstić information content (AvgIpc) is 2.25. The van der Waals surface area contributed by atoms with E-state index in [9.17, 15) is 4.79 Å². The molecule has 0 fully saturated rings. The van der Waals surface area contributed by atoms with Crippen molar-refractivity contribution in [3.63, 3.8) is 0 Å².